The summed E-state index contributed by atoms with van der Waals surface area (Å²) in [6.07, 6.45) is 7.05. The Kier molecular flexibility index (Phi) is 15.3. The molecule has 8 aromatic rings. The van der Waals surface area contributed by atoms with Gasteiger partial charge in [-0.1, -0.05) is 88.9 Å². The van der Waals surface area contributed by atoms with Gasteiger partial charge in [0.2, 0.25) is 0 Å². The zero-order valence-corrected chi connectivity index (χ0v) is 34.2. The van der Waals surface area contributed by atoms with E-state index in [1.165, 1.54) is 24.4 Å². The Morgan fingerprint density at radius 2 is 1.24 bits per heavy atom. The van der Waals surface area contributed by atoms with Gasteiger partial charge in [0.05, 0.1) is 11.1 Å². The molecule has 0 saturated carbocycles. The first-order valence-electron chi connectivity index (χ1n) is 17.5. The minimum absolute atomic E-state index is 0.0147. The normalized spacial score (nSPS) is 10.9. The third-order valence-electron chi connectivity index (χ3n) is 8.33. The predicted octanol–water partition coefficient (Wildman–Crippen LogP) is 12.1. The highest BCUT2D eigenvalue weighted by atomic mass is 35.5. The molecule has 1 unspecified atom stereocenters. The number of nitrogens with two attached hydrogens (primary N) is 1. The Labute approximate surface area is 358 Å². The quantitative estimate of drug-likeness (QED) is 0.124. The number of hydrogen-bond acceptors (Lipinski definition) is 9. The second kappa shape index (κ2) is 20.5. The van der Waals surface area contributed by atoms with Crippen molar-refractivity contribution in [1.82, 2.24) is 19.9 Å². The predicted molar refractivity (Wildman–Crippen MR) is 233 cm³/mol. The first-order valence-corrected chi connectivity index (χ1v) is 19.0. The summed E-state index contributed by atoms with van der Waals surface area (Å²) in [5.74, 6) is -0.719. The maximum absolute atomic E-state index is 14.5. The van der Waals surface area contributed by atoms with Crippen LogP contribution in [0.25, 0.3) is 21.8 Å². The summed E-state index contributed by atoms with van der Waals surface area (Å²) in [6, 6.07) is 28.2. The van der Waals surface area contributed by atoms with Crippen LogP contribution in [0.5, 0.6) is 11.5 Å². The topological polar surface area (TPSA) is 147 Å². The maximum Gasteiger partial charge on any atom is 0.165 e. The number of aldehydes is 1. The third kappa shape index (κ3) is 11.7. The van der Waals surface area contributed by atoms with Crippen LogP contribution in [0.1, 0.15) is 38.7 Å². The smallest absolute Gasteiger partial charge is 0.165 e. The lowest BCUT2D eigenvalue weighted by Gasteiger charge is -2.23. The number of carbonyl (C=O) groups is 1. The largest absolute Gasteiger partial charge is 0.506 e. The van der Waals surface area contributed by atoms with E-state index in [1.54, 1.807) is 87.0 Å². The molecule has 0 radical (unpaired) electrons. The molecule has 0 fully saturated rings. The van der Waals surface area contributed by atoms with Gasteiger partial charge >= 0.3 is 0 Å². The number of pyridine rings is 4. The molecule has 300 valence electrons. The molecule has 4 aromatic heterocycles. The molecule has 4 heterocycles. The lowest BCUT2D eigenvalue weighted by atomic mass is 9.96. The van der Waals surface area contributed by atoms with Gasteiger partial charge in [-0.25, -0.2) is 18.7 Å². The highest BCUT2D eigenvalue weighted by Crippen LogP contribution is 2.39. The number of aryl methyl sites for hydroxylation is 2. The zero-order chi connectivity index (χ0) is 42.6. The molecule has 0 spiro atoms. The van der Waals surface area contributed by atoms with Gasteiger partial charge in [-0.05, 0) is 91.2 Å². The fourth-order valence-electron chi connectivity index (χ4n) is 5.44. The fraction of sp³-hybridized carbons (Fsp3) is 0.0682. The van der Waals surface area contributed by atoms with Crippen LogP contribution >= 0.6 is 46.4 Å². The Balaban J connectivity index is 0.000000179. The van der Waals surface area contributed by atoms with Gasteiger partial charge in [0.1, 0.15) is 22.5 Å². The van der Waals surface area contributed by atoms with E-state index in [2.05, 4.69) is 25.3 Å². The van der Waals surface area contributed by atoms with Crippen molar-refractivity contribution < 1.29 is 23.8 Å². The van der Waals surface area contributed by atoms with Crippen molar-refractivity contribution in [1.29, 1.82) is 0 Å². The first kappa shape index (κ1) is 44.0. The van der Waals surface area contributed by atoms with Gasteiger partial charge in [-0.3, -0.25) is 14.8 Å². The molecule has 5 N–H and O–H groups in total. The SMILES string of the molecule is Cc1cnc(N)c(F)c1.Cc1cnc(NC(c2ccc(Cl)cc2Cl)c2ccc3cccnc3c2O)c(F)c1.O=Cc1ccc(Cl)cc1Cl.Oc1cccc2cccnc12. The van der Waals surface area contributed by atoms with Gasteiger partial charge in [0, 0.05) is 61.8 Å². The van der Waals surface area contributed by atoms with Crippen molar-refractivity contribution >= 4 is 86.1 Å². The Morgan fingerprint density at radius 3 is 1.83 bits per heavy atom. The number of para-hydroxylation sites is 1. The van der Waals surface area contributed by atoms with Crippen LogP contribution in [0.4, 0.5) is 20.4 Å². The second-order valence-electron chi connectivity index (χ2n) is 12.7. The number of rotatable bonds is 5. The molecule has 0 saturated heterocycles. The van der Waals surface area contributed by atoms with Crippen molar-refractivity contribution in [3.05, 3.63) is 187 Å². The number of phenolic OH excluding ortho intramolecular Hbond substituents is 2. The summed E-state index contributed by atoms with van der Waals surface area (Å²) in [5.41, 5.74) is 9.25. The summed E-state index contributed by atoms with van der Waals surface area (Å²) in [6.45, 7) is 3.52. The number of phenols is 2. The molecule has 1 atom stereocenters. The molecule has 59 heavy (non-hydrogen) atoms. The molecule has 0 aliphatic rings. The Morgan fingerprint density at radius 1 is 0.661 bits per heavy atom. The van der Waals surface area contributed by atoms with Gasteiger partial charge in [0.15, 0.2) is 29.6 Å². The lowest BCUT2D eigenvalue weighted by Crippen LogP contribution is -2.15. The number of anilines is 2. The second-order valence-corrected chi connectivity index (χ2v) is 14.4. The van der Waals surface area contributed by atoms with Gasteiger partial charge < -0.3 is 21.3 Å². The molecule has 15 heteroatoms. The number of benzene rings is 4. The minimum Gasteiger partial charge on any atom is -0.506 e. The van der Waals surface area contributed by atoms with E-state index in [-0.39, 0.29) is 23.1 Å². The highest BCUT2D eigenvalue weighted by Gasteiger charge is 2.24. The summed E-state index contributed by atoms with van der Waals surface area (Å²) in [5, 5.41) is 26.8. The van der Waals surface area contributed by atoms with E-state index in [9.17, 15) is 23.8 Å². The molecule has 9 nitrogen and oxygen atoms in total. The van der Waals surface area contributed by atoms with E-state index in [1.807, 2.05) is 30.3 Å². The number of carbonyl (C=O) groups excluding carboxylic acids is 1. The maximum atomic E-state index is 14.5. The summed E-state index contributed by atoms with van der Waals surface area (Å²) in [7, 11) is 0. The van der Waals surface area contributed by atoms with E-state index in [4.69, 9.17) is 52.1 Å². The number of aromatic nitrogens is 4. The molecule has 4 aromatic carbocycles. The van der Waals surface area contributed by atoms with Gasteiger partial charge in [0.25, 0.3) is 0 Å². The van der Waals surface area contributed by atoms with Crippen molar-refractivity contribution in [3.63, 3.8) is 0 Å². The van der Waals surface area contributed by atoms with Crippen LogP contribution < -0.4 is 11.1 Å². The number of aromatic hydroxyl groups is 2. The average Bonchev–Trinajstić information content (AvgIpc) is 3.21. The molecule has 0 amide bonds. The van der Waals surface area contributed by atoms with Gasteiger partial charge in [-0.15, -0.1) is 0 Å². The number of nitrogens with one attached hydrogen (secondary N) is 1. The van der Waals surface area contributed by atoms with Crippen LogP contribution in [-0.4, -0.2) is 36.4 Å². The first-order chi connectivity index (χ1) is 28.2. The fourth-order valence-corrected chi connectivity index (χ4v) is 6.41. The number of nitrogen functional groups attached to an aromatic ring is 1. The van der Waals surface area contributed by atoms with E-state index < -0.39 is 17.7 Å². The average molecular weight is 875 g/mol. The summed E-state index contributed by atoms with van der Waals surface area (Å²) in [4.78, 5) is 26.2. The van der Waals surface area contributed by atoms with Gasteiger partial charge in [-0.2, -0.15) is 0 Å². The Hall–Kier alpha value is -6.11. The Bertz CT molecular complexity index is 2740. The van der Waals surface area contributed by atoms with E-state index in [0.717, 1.165) is 16.3 Å². The number of nitrogens with zero attached hydrogens (tertiary/aromatic N) is 4. The van der Waals surface area contributed by atoms with E-state index in [0.29, 0.717) is 59.7 Å². The van der Waals surface area contributed by atoms with Crippen molar-refractivity contribution in [3.8, 4) is 11.5 Å². The monoisotopic (exact) mass is 872 g/mol. The molecule has 0 aliphatic heterocycles. The van der Waals surface area contributed by atoms with Crippen molar-refractivity contribution in [2.45, 2.75) is 19.9 Å². The number of hydrogen-bond donors (Lipinski definition) is 4. The van der Waals surface area contributed by atoms with Crippen LogP contribution in [0, 0.1) is 25.5 Å². The summed E-state index contributed by atoms with van der Waals surface area (Å²) >= 11 is 23.7. The number of fused-ring (bicyclic) bond motifs is 2. The van der Waals surface area contributed by atoms with Crippen molar-refractivity contribution in [2.75, 3.05) is 11.1 Å². The summed E-state index contributed by atoms with van der Waals surface area (Å²) < 4.78 is 26.9. The zero-order valence-electron chi connectivity index (χ0n) is 31.2. The highest BCUT2D eigenvalue weighted by molar-refractivity contribution is 6.36. The number of halogens is 6. The molecular formula is C44H34Cl4F2N6O3. The van der Waals surface area contributed by atoms with Crippen LogP contribution in [-0.2, 0) is 0 Å². The minimum atomic E-state index is -0.684. The van der Waals surface area contributed by atoms with Crippen LogP contribution in [0.3, 0.4) is 0 Å². The standard InChI is InChI=1S/C22H16Cl2FN3O.C9H7NO.C7H4Cl2O.C6H7FN2/c1-12-9-18(25)22(27-11-12)28-20(15-7-5-14(23)10-17(15)24)16-6-4-13-3-2-8-26-19(13)21(16)29;11-8-5-1-3-7-4-2-6-10-9(7)8;8-6-2-1-5(4-10)7(9)3-6;1-4-2-5(7)6(8)9-3-4/h2-11,20,29H,1H3,(H,27,28);1-6,11H;1-4H;2-3H,1H3,(H2,8,9). The van der Waals surface area contributed by atoms with E-state index >= 15 is 0 Å². The van der Waals surface area contributed by atoms with Crippen LogP contribution in [0.2, 0.25) is 20.1 Å². The molecule has 8 rings (SSSR count). The lowest BCUT2D eigenvalue weighted by molar-refractivity contribution is 0.112. The van der Waals surface area contributed by atoms with Crippen LogP contribution in [0.15, 0.2) is 128 Å². The molecule has 0 bridgehead atoms. The van der Waals surface area contributed by atoms with Crippen molar-refractivity contribution in [2.24, 2.45) is 0 Å². The molecular weight excluding hydrogens is 840 g/mol. The molecule has 0 aliphatic carbocycles. The third-order valence-corrected chi connectivity index (χ3v) is 9.45.